The lowest BCUT2D eigenvalue weighted by molar-refractivity contribution is 0.206. The fraction of sp³-hybridized carbons (Fsp3) is 0.545. The van der Waals surface area contributed by atoms with E-state index < -0.39 is 6.09 Å². The van der Waals surface area contributed by atoms with Gasteiger partial charge in [-0.15, -0.1) is 0 Å². The number of carbonyl (C=O) groups excluding carboxylic acids is 1. The summed E-state index contributed by atoms with van der Waals surface area (Å²) in [5, 5.41) is 3.26. The van der Waals surface area contributed by atoms with Crippen molar-refractivity contribution in [2.75, 3.05) is 6.54 Å². The minimum absolute atomic E-state index is 0.0208. The lowest BCUT2D eigenvalue weighted by Gasteiger charge is -2.18. The molecule has 6 nitrogen and oxygen atoms in total. The van der Waals surface area contributed by atoms with Gasteiger partial charge in [0.2, 0.25) is 0 Å². The summed E-state index contributed by atoms with van der Waals surface area (Å²) in [6.45, 7) is 7.88. The summed E-state index contributed by atoms with van der Waals surface area (Å²) >= 11 is 0. The molecule has 94 valence electrons. The van der Waals surface area contributed by atoms with E-state index in [4.69, 9.17) is 5.73 Å². The van der Waals surface area contributed by atoms with Gasteiger partial charge in [0.05, 0.1) is 5.69 Å². The molecular formula is C11H18N4O2. The SMILES string of the molecule is CC(C)(C)CNCc1ccnc(OC(N)=O)n1. The maximum absolute atomic E-state index is 10.5. The van der Waals surface area contributed by atoms with Crippen LogP contribution in [0.5, 0.6) is 6.01 Å². The molecule has 0 unspecified atom stereocenters. The van der Waals surface area contributed by atoms with Gasteiger partial charge in [-0.3, -0.25) is 0 Å². The first-order valence-electron chi connectivity index (χ1n) is 5.37. The molecule has 0 radical (unpaired) electrons. The Morgan fingerprint density at radius 1 is 1.53 bits per heavy atom. The number of hydrogen-bond donors (Lipinski definition) is 2. The first kappa shape index (κ1) is 13.4. The molecular weight excluding hydrogens is 220 g/mol. The van der Waals surface area contributed by atoms with Crippen LogP contribution in [0.15, 0.2) is 12.3 Å². The van der Waals surface area contributed by atoms with Crippen LogP contribution in [-0.2, 0) is 6.54 Å². The minimum Gasteiger partial charge on any atom is -0.374 e. The third-order valence-corrected chi connectivity index (χ3v) is 1.84. The summed E-state index contributed by atoms with van der Waals surface area (Å²) in [4.78, 5) is 18.3. The Labute approximate surface area is 101 Å². The lowest BCUT2D eigenvalue weighted by Crippen LogP contribution is -2.27. The average molecular weight is 238 g/mol. The van der Waals surface area contributed by atoms with Crippen LogP contribution in [0.25, 0.3) is 0 Å². The molecule has 1 heterocycles. The molecule has 0 saturated heterocycles. The summed E-state index contributed by atoms with van der Waals surface area (Å²) < 4.78 is 4.59. The normalized spacial score (nSPS) is 11.2. The molecule has 3 N–H and O–H groups in total. The minimum atomic E-state index is -0.912. The number of nitrogens with two attached hydrogens (primary N) is 1. The second-order valence-electron chi connectivity index (χ2n) is 4.92. The topological polar surface area (TPSA) is 90.1 Å². The standard InChI is InChI=1S/C11H18N4O2/c1-11(2,3)7-13-6-8-4-5-14-10(15-8)17-9(12)16/h4-5,13H,6-7H2,1-3H3,(H2,12,16). The number of hydrogen-bond acceptors (Lipinski definition) is 5. The Hall–Kier alpha value is -1.69. The number of ether oxygens (including phenoxy) is 1. The van der Waals surface area contributed by atoms with E-state index in [0.717, 1.165) is 12.2 Å². The van der Waals surface area contributed by atoms with Gasteiger partial charge in [-0.2, -0.15) is 4.98 Å². The molecule has 0 bridgehead atoms. The Balaban J connectivity index is 2.51. The van der Waals surface area contributed by atoms with Crippen LogP contribution in [0.4, 0.5) is 4.79 Å². The Kier molecular flexibility index (Phi) is 4.39. The largest absolute Gasteiger partial charge is 0.412 e. The van der Waals surface area contributed by atoms with Crippen LogP contribution >= 0.6 is 0 Å². The molecule has 0 fully saturated rings. The average Bonchev–Trinajstić information content (AvgIpc) is 2.15. The van der Waals surface area contributed by atoms with E-state index >= 15 is 0 Å². The number of carbonyl (C=O) groups is 1. The maximum atomic E-state index is 10.5. The molecule has 1 rings (SSSR count). The van der Waals surface area contributed by atoms with E-state index in [1.165, 1.54) is 6.20 Å². The number of nitrogens with zero attached hydrogens (tertiary/aromatic N) is 2. The summed E-state index contributed by atoms with van der Waals surface area (Å²) in [6.07, 6.45) is 0.615. The van der Waals surface area contributed by atoms with E-state index in [1.54, 1.807) is 6.07 Å². The highest BCUT2D eigenvalue weighted by Gasteiger charge is 2.09. The highest BCUT2D eigenvalue weighted by atomic mass is 16.6. The predicted molar refractivity (Wildman–Crippen MR) is 63.4 cm³/mol. The van der Waals surface area contributed by atoms with Crippen molar-refractivity contribution in [3.63, 3.8) is 0 Å². The van der Waals surface area contributed by atoms with E-state index in [9.17, 15) is 4.79 Å². The van der Waals surface area contributed by atoms with Crippen molar-refractivity contribution in [1.29, 1.82) is 0 Å². The van der Waals surface area contributed by atoms with Crippen LogP contribution in [0.1, 0.15) is 26.5 Å². The molecule has 1 aromatic heterocycles. The van der Waals surface area contributed by atoms with E-state index in [2.05, 4.69) is 40.8 Å². The fourth-order valence-electron chi connectivity index (χ4n) is 1.18. The van der Waals surface area contributed by atoms with Gasteiger partial charge in [0.15, 0.2) is 0 Å². The molecule has 0 aliphatic carbocycles. The van der Waals surface area contributed by atoms with Gasteiger partial charge in [0, 0.05) is 19.3 Å². The second kappa shape index (κ2) is 5.58. The van der Waals surface area contributed by atoms with E-state index in [1.807, 2.05) is 0 Å². The zero-order chi connectivity index (χ0) is 12.9. The molecule has 17 heavy (non-hydrogen) atoms. The molecule has 0 aliphatic heterocycles. The van der Waals surface area contributed by atoms with Crippen LogP contribution in [0.3, 0.4) is 0 Å². The Morgan fingerprint density at radius 2 is 2.24 bits per heavy atom. The number of rotatable bonds is 4. The van der Waals surface area contributed by atoms with Gasteiger partial charge in [-0.25, -0.2) is 9.78 Å². The van der Waals surface area contributed by atoms with Gasteiger partial charge < -0.3 is 15.8 Å². The summed E-state index contributed by atoms with van der Waals surface area (Å²) in [5.74, 6) is 0. The number of primary amides is 1. The van der Waals surface area contributed by atoms with Crippen molar-refractivity contribution in [3.8, 4) is 6.01 Å². The molecule has 0 aromatic carbocycles. The van der Waals surface area contributed by atoms with Gasteiger partial charge in [-0.05, 0) is 11.5 Å². The zero-order valence-electron chi connectivity index (χ0n) is 10.4. The third kappa shape index (κ3) is 5.82. The zero-order valence-corrected chi connectivity index (χ0v) is 10.4. The van der Waals surface area contributed by atoms with Gasteiger partial charge in [-0.1, -0.05) is 20.8 Å². The predicted octanol–water partition coefficient (Wildman–Crippen LogP) is 1.07. The molecule has 0 spiro atoms. The van der Waals surface area contributed by atoms with Crippen molar-refractivity contribution in [2.45, 2.75) is 27.3 Å². The van der Waals surface area contributed by atoms with Crippen LogP contribution < -0.4 is 15.8 Å². The monoisotopic (exact) mass is 238 g/mol. The molecule has 6 heteroatoms. The quantitative estimate of drug-likeness (QED) is 0.818. The van der Waals surface area contributed by atoms with Gasteiger partial charge >= 0.3 is 12.1 Å². The molecule has 0 saturated carbocycles. The first-order valence-corrected chi connectivity index (χ1v) is 5.37. The maximum Gasteiger partial charge on any atom is 0.412 e. The second-order valence-corrected chi connectivity index (χ2v) is 4.92. The van der Waals surface area contributed by atoms with Gasteiger partial charge in [0.25, 0.3) is 0 Å². The van der Waals surface area contributed by atoms with Gasteiger partial charge in [0.1, 0.15) is 0 Å². The van der Waals surface area contributed by atoms with E-state index in [0.29, 0.717) is 6.54 Å². The summed E-state index contributed by atoms with van der Waals surface area (Å²) in [7, 11) is 0. The smallest absolute Gasteiger partial charge is 0.374 e. The van der Waals surface area contributed by atoms with Crippen LogP contribution in [0.2, 0.25) is 0 Å². The highest BCUT2D eigenvalue weighted by molar-refractivity contribution is 5.66. The fourth-order valence-corrected chi connectivity index (χ4v) is 1.18. The first-order chi connectivity index (χ1) is 7.87. The third-order valence-electron chi connectivity index (χ3n) is 1.84. The van der Waals surface area contributed by atoms with Crippen LogP contribution in [-0.4, -0.2) is 22.6 Å². The molecule has 1 aromatic rings. The summed E-state index contributed by atoms with van der Waals surface area (Å²) in [6, 6.07) is 1.73. The van der Waals surface area contributed by atoms with Crippen LogP contribution in [0, 0.1) is 5.41 Å². The Morgan fingerprint density at radius 3 is 2.82 bits per heavy atom. The van der Waals surface area contributed by atoms with Crippen molar-refractivity contribution < 1.29 is 9.53 Å². The molecule has 1 amide bonds. The van der Waals surface area contributed by atoms with Crippen molar-refractivity contribution >= 4 is 6.09 Å². The highest BCUT2D eigenvalue weighted by Crippen LogP contribution is 2.10. The van der Waals surface area contributed by atoms with Crippen molar-refractivity contribution in [1.82, 2.24) is 15.3 Å². The lowest BCUT2D eigenvalue weighted by atomic mass is 9.97. The van der Waals surface area contributed by atoms with E-state index in [-0.39, 0.29) is 11.4 Å². The Bertz CT molecular complexity index is 387. The number of nitrogens with one attached hydrogen (secondary N) is 1. The number of aromatic nitrogens is 2. The molecule has 0 aliphatic rings. The van der Waals surface area contributed by atoms with Crippen molar-refractivity contribution in [3.05, 3.63) is 18.0 Å². The summed E-state index contributed by atoms with van der Waals surface area (Å²) in [5.41, 5.74) is 5.83. The van der Waals surface area contributed by atoms with Crippen molar-refractivity contribution in [2.24, 2.45) is 11.1 Å². The molecule has 0 atom stereocenters. The number of amides is 1.